The summed E-state index contributed by atoms with van der Waals surface area (Å²) < 4.78 is 9.95. The number of carbonyl (C=O) groups excluding carboxylic acids is 2. The smallest absolute Gasteiger partial charge is 0.340 e. The maximum absolute atomic E-state index is 11.9. The van der Waals surface area contributed by atoms with Gasteiger partial charge in [-0.15, -0.1) is 0 Å². The Morgan fingerprint density at radius 1 is 1.05 bits per heavy atom. The van der Waals surface area contributed by atoms with E-state index in [4.69, 9.17) is 15.2 Å². The van der Waals surface area contributed by atoms with Crippen molar-refractivity contribution in [1.82, 2.24) is 0 Å². The van der Waals surface area contributed by atoms with Gasteiger partial charge in [0.15, 0.2) is 0 Å². The summed E-state index contributed by atoms with van der Waals surface area (Å²) in [5, 5.41) is 0. The number of ether oxygens (including phenoxy) is 2. The average molecular weight is 265 g/mol. The molecule has 5 heteroatoms. The second kappa shape index (κ2) is 6.22. The van der Waals surface area contributed by atoms with Gasteiger partial charge >= 0.3 is 11.9 Å². The zero-order chi connectivity index (χ0) is 14.6. The van der Waals surface area contributed by atoms with Gasteiger partial charge in [0.1, 0.15) is 0 Å². The van der Waals surface area contributed by atoms with Gasteiger partial charge < -0.3 is 15.2 Å². The minimum Gasteiger partial charge on any atom is -0.462 e. The van der Waals surface area contributed by atoms with Crippen molar-refractivity contribution in [3.05, 3.63) is 28.3 Å². The van der Waals surface area contributed by atoms with Crippen molar-refractivity contribution in [3.8, 4) is 0 Å². The van der Waals surface area contributed by atoms with Crippen LogP contribution < -0.4 is 5.73 Å². The normalized spacial score (nSPS) is 10.1. The van der Waals surface area contributed by atoms with E-state index in [-0.39, 0.29) is 18.8 Å². The van der Waals surface area contributed by atoms with Crippen LogP contribution in [-0.2, 0) is 9.47 Å². The summed E-state index contributed by atoms with van der Waals surface area (Å²) in [6.45, 7) is 7.39. The second-order valence-corrected chi connectivity index (χ2v) is 4.10. The molecule has 0 atom stereocenters. The van der Waals surface area contributed by atoms with Gasteiger partial charge in [-0.1, -0.05) is 0 Å². The van der Waals surface area contributed by atoms with Crippen LogP contribution >= 0.6 is 0 Å². The number of rotatable bonds is 4. The fourth-order valence-electron chi connectivity index (χ4n) is 2.01. The molecule has 1 aromatic rings. The lowest BCUT2D eigenvalue weighted by Crippen LogP contribution is -2.16. The molecule has 5 nitrogen and oxygen atoms in total. The van der Waals surface area contributed by atoms with Crippen LogP contribution in [0.3, 0.4) is 0 Å². The highest BCUT2D eigenvalue weighted by atomic mass is 16.5. The zero-order valence-electron chi connectivity index (χ0n) is 11.7. The number of anilines is 1. The van der Waals surface area contributed by atoms with Gasteiger partial charge in [-0.05, 0) is 44.9 Å². The third-order valence-electron chi connectivity index (χ3n) is 2.76. The van der Waals surface area contributed by atoms with Crippen molar-refractivity contribution < 1.29 is 19.1 Å². The average Bonchev–Trinajstić information content (AvgIpc) is 2.28. The highest BCUT2D eigenvalue weighted by molar-refractivity contribution is 6.02. The summed E-state index contributed by atoms with van der Waals surface area (Å²) in [5.41, 5.74) is 7.93. The highest BCUT2D eigenvalue weighted by Gasteiger charge is 2.23. The summed E-state index contributed by atoms with van der Waals surface area (Å²) in [6, 6.07) is 1.59. The largest absolute Gasteiger partial charge is 0.462 e. The van der Waals surface area contributed by atoms with E-state index in [2.05, 4.69) is 0 Å². The lowest BCUT2D eigenvalue weighted by atomic mass is 9.96. The molecule has 0 saturated carbocycles. The summed E-state index contributed by atoms with van der Waals surface area (Å²) in [7, 11) is 0. The number of aryl methyl sites for hydroxylation is 1. The molecule has 0 unspecified atom stereocenters. The molecule has 0 amide bonds. The van der Waals surface area contributed by atoms with Crippen LogP contribution in [0.4, 0.5) is 5.69 Å². The number of esters is 2. The standard InChI is InChI=1S/C14H19NO4/c1-5-18-13(16)11-8(3)7-10(15)12(9(11)4)14(17)19-6-2/h7H,5-6,15H2,1-4H3. The van der Waals surface area contributed by atoms with E-state index in [1.165, 1.54) is 0 Å². The van der Waals surface area contributed by atoms with Crippen LogP contribution in [0, 0.1) is 13.8 Å². The molecule has 0 heterocycles. The first-order chi connectivity index (χ1) is 8.93. The number of nitrogen functional groups attached to an aromatic ring is 1. The number of benzene rings is 1. The predicted octanol–water partition coefficient (Wildman–Crippen LogP) is 2.24. The topological polar surface area (TPSA) is 78.6 Å². The van der Waals surface area contributed by atoms with Crippen LogP contribution in [0.25, 0.3) is 0 Å². The lowest BCUT2D eigenvalue weighted by molar-refractivity contribution is 0.0524. The Balaban J connectivity index is 3.38. The Labute approximate surface area is 112 Å². The molecule has 2 N–H and O–H groups in total. The minimum absolute atomic E-state index is 0.232. The summed E-state index contributed by atoms with van der Waals surface area (Å²) >= 11 is 0. The van der Waals surface area contributed by atoms with E-state index < -0.39 is 11.9 Å². The molecular formula is C14H19NO4. The van der Waals surface area contributed by atoms with Crippen LogP contribution in [0.15, 0.2) is 6.07 Å². The number of nitrogens with two attached hydrogens (primary N) is 1. The molecule has 0 aliphatic carbocycles. The van der Waals surface area contributed by atoms with Crippen molar-refractivity contribution in [3.63, 3.8) is 0 Å². The molecule has 0 aromatic heterocycles. The quantitative estimate of drug-likeness (QED) is 0.667. The van der Waals surface area contributed by atoms with E-state index in [1.807, 2.05) is 0 Å². The molecule has 0 spiro atoms. The third kappa shape index (κ3) is 3.05. The Morgan fingerprint density at radius 3 is 2.00 bits per heavy atom. The number of hydrogen-bond donors (Lipinski definition) is 1. The van der Waals surface area contributed by atoms with Crippen molar-refractivity contribution >= 4 is 17.6 Å². The number of carbonyl (C=O) groups is 2. The van der Waals surface area contributed by atoms with Crippen molar-refractivity contribution in [2.45, 2.75) is 27.7 Å². The molecule has 0 saturated heterocycles. The fraction of sp³-hybridized carbons (Fsp3) is 0.429. The minimum atomic E-state index is -0.525. The van der Waals surface area contributed by atoms with Gasteiger partial charge in [0.25, 0.3) is 0 Å². The highest BCUT2D eigenvalue weighted by Crippen LogP contribution is 2.26. The summed E-state index contributed by atoms with van der Waals surface area (Å²) in [4.78, 5) is 23.8. The van der Waals surface area contributed by atoms with Crippen molar-refractivity contribution in [2.75, 3.05) is 18.9 Å². The van der Waals surface area contributed by atoms with Crippen LogP contribution in [0.2, 0.25) is 0 Å². The van der Waals surface area contributed by atoms with Gasteiger partial charge in [0.2, 0.25) is 0 Å². The van der Waals surface area contributed by atoms with Crippen LogP contribution in [0.1, 0.15) is 45.7 Å². The zero-order valence-corrected chi connectivity index (χ0v) is 11.7. The molecule has 1 aromatic carbocycles. The molecule has 19 heavy (non-hydrogen) atoms. The monoisotopic (exact) mass is 265 g/mol. The van der Waals surface area contributed by atoms with Gasteiger partial charge in [0, 0.05) is 5.69 Å². The molecule has 104 valence electrons. The molecule has 0 fully saturated rings. The summed E-state index contributed by atoms with van der Waals surface area (Å²) in [6.07, 6.45) is 0. The molecule has 0 radical (unpaired) electrons. The number of hydrogen-bond acceptors (Lipinski definition) is 5. The summed E-state index contributed by atoms with van der Waals surface area (Å²) in [5.74, 6) is -0.980. The Morgan fingerprint density at radius 2 is 1.53 bits per heavy atom. The van der Waals surface area contributed by atoms with Gasteiger partial charge in [-0.3, -0.25) is 0 Å². The fourth-order valence-corrected chi connectivity index (χ4v) is 2.01. The Kier molecular flexibility index (Phi) is 4.92. The van der Waals surface area contributed by atoms with Crippen molar-refractivity contribution in [1.29, 1.82) is 0 Å². The van der Waals surface area contributed by atoms with E-state index in [0.717, 1.165) is 0 Å². The first-order valence-corrected chi connectivity index (χ1v) is 6.17. The third-order valence-corrected chi connectivity index (χ3v) is 2.76. The maximum atomic E-state index is 11.9. The van der Waals surface area contributed by atoms with Crippen LogP contribution in [-0.4, -0.2) is 25.2 Å². The van der Waals surface area contributed by atoms with E-state index in [0.29, 0.717) is 22.4 Å². The van der Waals surface area contributed by atoms with Gasteiger partial charge in [-0.2, -0.15) is 0 Å². The molecule has 0 bridgehead atoms. The first-order valence-electron chi connectivity index (χ1n) is 6.17. The molecule has 1 rings (SSSR count). The Hall–Kier alpha value is -2.04. The lowest BCUT2D eigenvalue weighted by Gasteiger charge is -2.15. The van der Waals surface area contributed by atoms with Crippen LogP contribution in [0.5, 0.6) is 0 Å². The van der Waals surface area contributed by atoms with Gasteiger partial charge in [0.05, 0.1) is 24.3 Å². The molecule has 0 aliphatic heterocycles. The molecule has 0 aliphatic rings. The van der Waals surface area contributed by atoms with E-state index in [1.54, 1.807) is 33.8 Å². The van der Waals surface area contributed by atoms with Gasteiger partial charge in [-0.25, -0.2) is 9.59 Å². The maximum Gasteiger partial charge on any atom is 0.340 e. The second-order valence-electron chi connectivity index (χ2n) is 4.10. The van der Waals surface area contributed by atoms with Crippen molar-refractivity contribution in [2.24, 2.45) is 0 Å². The van der Waals surface area contributed by atoms with E-state index in [9.17, 15) is 9.59 Å². The van der Waals surface area contributed by atoms with E-state index >= 15 is 0 Å². The predicted molar refractivity (Wildman–Crippen MR) is 72.2 cm³/mol. The first kappa shape index (κ1) is 15.0. The Bertz CT molecular complexity index is 466. The SMILES string of the molecule is CCOC(=O)c1c(C)cc(N)c(C(=O)OCC)c1C. The molecular weight excluding hydrogens is 246 g/mol.